The molecule has 0 saturated carbocycles. The average Bonchev–Trinajstić information content (AvgIpc) is 2.02. The van der Waals surface area contributed by atoms with Crippen LogP contribution in [0.5, 0.6) is 0 Å². The first kappa shape index (κ1) is 10.3. The fraction of sp³-hybridized carbons (Fsp3) is 0.455. The number of benzene rings is 1. The summed E-state index contributed by atoms with van der Waals surface area (Å²) in [6.45, 7) is 7.22. The van der Waals surface area contributed by atoms with Gasteiger partial charge in [0.1, 0.15) is 0 Å². The highest BCUT2D eigenvalue weighted by Gasteiger charge is 2.12. The Bertz CT molecular complexity index is 258. The highest BCUT2D eigenvalue weighted by atomic mass is 28.3. The van der Waals surface area contributed by atoms with Crippen molar-refractivity contribution in [2.24, 2.45) is 0 Å². The summed E-state index contributed by atoms with van der Waals surface area (Å²) in [6.07, 6.45) is 1.20. The molecule has 1 aromatic carbocycles. The SMILES string of the molecule is C[Si](C)(C)CCc1ccc(N)cc1. The Hall–Kier alpha value is -0.763. The number of nitrogens with two attached hydrogens (primary N) is 1. The predicted molar refractivity (Wildman–Crippen MR) is 62.7 cm³/mol. The lowest BCUT2D eigenvalue weighted by Gasteiger charge is -2.15. The second-order valence-corrected chi connectivity index (χ2v) is 10.4. The first-order valence-corrected chi connectivity index (χ1v) is 8.52. The summed E-state index contributed by atoms with van der Waals surface area (Å²) in [4.78, 5) is 0. The van der Waals surface area contributed by atoms with Crippen LogP contribution in [0.4, 0.5) is 5.69 Å². The molecule has 13 heavy (non-hydrogen) atoms. The van der Waals surface area contributed by atoms with Gasteiger partial charge in [-0.25, -0.2) is 0 Å². The zero-order valence-electron chi connectivity index (χ0n) is 8.80. The van der Waals surface area contributed by atoms with Crippen LogP contribution < -0.4 is 5.73 Å². The van der Waals surface area contributed by atoms with Gasteiger partial charge in [0.2, 0.25) is 0 Å². The Morgan fingerprint density at radius 2 is 1.62 bits per heavy atom. The van der Waals surface area contributed by atoms with Crippen molar-refractivity contribution in [3.05, 3.63) is 29.8 Å². The van der Waals surface area contributed by atoms with Crippen molar-refractivity contribution in [2.75, 3.05) is 5.73 Å². The first-order chi connectivity index (χ1) is 5.97. The predicted octanol–water partition coefficient (Wildman–Crippen LogP) is 3.15. The van der Waals surface area contributed by atoms with Crippen LogP contribution in [0.1, 0.15) is 5.56 Å². The minimum Gasteiger partial charge on any atom is -0.399 e. The van der Waals surface area contributed by atoms with E-state index in [4.69, 9.17) is 5.73 Å². The number of aryl methyl sites for hydroxylation is 1. The molecule has 0 atom stereocenters. The topological polar surface area (TPSA) is 26.0 Å². The number of rotatable bonds is 3. The standard InChI is InChI=1S/C11H19NSi/c1-13(2,3)9-8-10-4-6-11(12)7-5-10/h4-7H,8-9,12H2,1-3H3. The van der Waals surface area contributed by atoms with Gasteiger partial charge in [-0.3, -0.25) is 0 Å². The zero-order chi connectivity index (χ0) is 9.90. The third kappa shape index (κ3) is 4.13. The van der Waals surface area contributed by atoms with E-state index in [1.54, 1.807) is 0 Å². The van der Waals surface area contributed by atoms with E-state index < -0.39 is 8.07 Å². The average molecular weight is 193 g/mol. The molecule has 1 aromatic rings. The molecule has 0 saturated heterocycles. The maximum Gasteiger partial charge on any atom is 0.0445 e. The Balaban J connectivity index is 2.51. The van der Waals surface area contributed by atoms with Gasteiger partial charge >= 0.3 is 0 Å². The van der Waals surface area contributed by atoms with Gasteiger partial charge in [0.25, 0.3) is 0 Å². The summed E-state index contributed by atoms with van der Waals surface area (Å²) in [7, 11) is -0.885. The van der Waals surface area contributed by atoms with Gasteiger partial charge in [0.05, 0.1) is 0 Å². The van der Waals surface area contributed by atoms with Crippen molar-refractivity contribution in [2.45, 2.75) is 32.1 Å². The van der Waals surface area contributed by atoms with Crippen molar-refractivity contribution in [1.82, 2.24) is 0 Å². The summed E-state index contributed by atoms with van der Waals surface area (Å²) in [5.74, 6) is 0. The van der Waals surface area contributed by atoms with Crippen LogP contribution in [0, 0.1) is 0 Å². The van der Waals surface area contributed by atoms with Crippen LogP contribution >= 0.6 is 0 Å². The lowest BCUT2D eigenvalue weighted by atomic mass is 10.1. The summed E-state index contributed by atoms with van der Waals surface area (Å²) in [5, 5.41) is 0. The minimum atomic E-state index is -0.885. The second kappa shape index (κ2) is 3.96. The van der Waals surface area contributed by atoms with Crippen LogP contribution in [-0.4, -0.2) is 8.07 Å². The molecule has 0 aliphatic heterocycles. The first-order valence-electron chi connectivity index (χ1n) is 4.82. The number of anilines is 1. The van der Waals surface area contributed by atoms with Gasteiger partial charge < -0.3 is 5.73 Å². The molecule has 72 valence electrons. The lowest BCUT2D eigenvalue weighted by Crippen LogP contribution is -2.19. The highest BCUT2D eigenvalue weighted by Crippen LogP contribution is 2.14. The molecule has 1 nitrogen and oxygen atoms in total. The van der Waals surface area contributed by atoms with E-state index in [0.29, 0.717) is 0 Å². The molecule has 0 fully saturated rings. The van der Waals surface area contributed by atoms with Crippen molar-refractivity contribution < 1.29 is 0 Å². The molecule has 0 bridgehead atoms. The van der Waals surface area contributed by atoms with E-state index in [1.165, 1.54) is 18.0 Å². The molecule has 2 heteroatoms. The van der Waals surface area contributed by atoms with E-state index in [-0.39, 0.29) is 0 Å². The van der Waals surface area contributed by atoms with E-state index >= 15 is 0 Å². The summed E-state index contributed by atoms with van der Waals surface area (Å²) in [6, 6.07) is 9.60. The number of hydrogen-bond acceptors (Lipinski definition) is 1. The minimum absolute atomic E-state index is 0.858. The quantitative estimate of drug-likeness (QED) is 0.579. The van der Waals surface area contributed by atoms with Crippen LogP contribution in [0.25, 0.3) is 0 Å². The van der Waals surface area contributed by atoms with Gasteiger partial charge in [0, 0.05) is 13.8 Å². The third-order valence-corrected chi connectivity index (χ3v) is 3.89. The van der Waals surface area contributed by atoms with Crippen LogP contribution in [0.3, 0.4) is 0 Å². The summed E-state index contributed by atoms with van der Waals surface area (Å²) >= 11 is 0. The van der Waals surface area contributed by atoms with Gasteiger partial charge in [-0.15, -0.1) is 0 Å². The van der Waals surface area contributed by atoms with Crippen LogP contribution in [0.2, 0.25) is 25.7 Å². The third-order valence-electron chi connectivity index (χ3n) is 2.14. The number of nitrogen functional groups attached to an aromatic ring is 1. The molecule has 0 aromatic heterocycles. The Labute approximate surface area is 82.0 Å². The van der Waals surface area contributed by atoms with E-state index in [1.807, 2.05) is 12.1 Å². The zero-order valence-corrected chi connectivity index (χ0v) is 9.80. The Morgan fingerprint density at radius 1 is 1.08 bits per heavy atom. The molecular weight excluding hydrogens is 174 g/mol. The van der Waals surface area contributed by atoms with Gasteiger partial charge in [-0.05, 0) is 24.1 Å². The molecule has 2 N–H and O–H groups in total. The van der Waals surface area contributed by atoms with Gasteiger partial charge in [-0.2, -0.15) is 0 Å². The maximum atomic E-state index is 5.62. The Kier molecular flexibility index (Phi) is 3.15. The highest BCUT2D eigenvalue weighted by molar-refractivity contribution is 6.76. The normalized spacial score (nSPS) is 11.6. The molecule has 0 radical (unpaired) electrons. The van der Waals surface area contributed by atoms with Crippen molar-refractivity contribution in [3.63, 3.8) is 0 Å². The smallest absolute Gasteiger partial charge is 0.0445 e. The van der Waals surface area contributed by atoms with Crippen LogP contribution in [-0.2, 0) is 6.42 Å². The fourth-order valence-electron chi connectivity index (χ4n) is 1.20. The molecule has 1 rings (SSSR count). The maximum absolute atomic E-state index is 5.62. The molecule has 0 unspecified atom stereocenters. The molecule has 0 heterocycles. The van der Waals surface area contributed by atoms with Gasteiger partial charge in [0.15, 0.2) is 0 Å². The lowest BCUT2D eigenvalue weighted by molar-refractivity contribution is 1.09. The van der Waals surface area contributed by atoms with Crippen molar-refractivity contribution >= 4 is 13.8 Å². The largest absolute Gasteiger partial charge is 0.399 e. The Morgan fingerprint density at radius 3 is 2.08 bits per heavy atom. The van der Waals surface area contributed by atoms with E-state index in [2.05, 4.69) is 31.8 Å². The van der Waals surface area contributed by atoms with E-state index in [9.17, 15) is 0 Å². The monoisotopic (exact) mass is 193 g/mol. The molecule has 0 aliphatic carbocycles. The molecule has 0 amide bonds. The van der Waals surface area contributed by atoms with Gasteiger partial charge in [-0.1, -0.05) is 37.8 Å². The molecule has 0 spiro atoms. The number of hydrogen-bond donors (Lipinski definition) is 1. The van der Waals surface area contributed by atoms with Crippen LogP contribution in [0.15, 0.2) is 24.3 Å². The molecular formula is C11H19NSi. The van der Waals surface area contributed by atoms with E-state index in [0.717, 1.165) is 5.69 Å². The fourth-order valence-corrected chi connectivity index (χ4v) is 2.24. The van der Waals surface area contributed by atoms with Crippen molar-refractivity contribution in [3.8, 4) is 0 Å². The molecule has 0 aliphatic rings. The summed E-state index contributed by atoms with van der Waals surface area (Å²) in [5.41, 5.74) is 7.89. The van der Waals surface area contributed by atoms with Crippen molar-refractivity contribution in [1.29, 1.82) is 0 Å². The second-order valence-electron chi connectivity index (χ2n) is 4.80. The summed E-state index contributed by atoms with van der Waals surface area (Å²) < 4.78 is 0.